The molecule has 1 saturated heterocycles. The number of benzene rings is 1. The van der Waals surface area contributed by atoms with Gasteiger partial charge >= 0.3 is 0 Å². The molecule has 1 aromatic carbocycles. The lowest BCUT2D eigenvalue weighted by molar-refractivity contribution is 0.0668. The SMILES string of the molecule is COc1ccc2c(c1C=O)CCN(c1nc(C)c(C(=O)N3CCN(C)CC3)s1)C2. The Balaban J connectivity index is 1.54. The van der Waals surface area contributed by atoms with E-state index in [0.29, 0.717) is 17.9 Å². The lowest BCUT2D eigenvalue weighted by atomic mass is 9.94. The first-order valence-corrected chi connectivity index (χ1v) is 10.7. The summed E-state index contributed by atoms with van der Waals surface area (Å²) < 4.78 is 5.32. The fraction of sp³-hybridized carbons (Fsp3) is 0.476. The minimum Gasteiger partial charge on any atom is -0.496 e. The number of hydrogen-bond donors (Lipinski definition) is 0. The van der Waals surface area contributed by atoms with E-state index in [1.54, 1.807) is 7.11 Å². The van der Waals surface area contributed by atoms with Crippen LogP contribution >= 0.6 is 11.3 Å². The molecule has 29 heavy (non-hydrogen) atoms. The van der Waals surface area contributed by atoms with Crippen LogP contribution in [0.5, 0.6) is 5.75 Å². The Morgan fingerprint density at radius 1 is 1.21 bits per heavy atom. The topological polar surface area (TPSA) is 66.0 Å². The Morgan fingerprint density at radius 3 is 2.66 bits per heavy atom. The van der Waals surface area contributed by atoms with Crippen molar-refractivity contribution in [3.05, 3.63) is 39.4 Å². The number of rotatable bonds is 4. The van der Waals surface area contributed by atoms with Crippen molar-refractivity contribution in [3.63, 3.8) is 0 Å². The molecule has 2 aliphatic heterocycles. The first kappa shape index (κ1) is 19.8. The highest BCUT2D eigenvalue weighted by molar-refractivity contribution is 7.17. The van der Waals surface area contributed by atoms with E-state index in [1.807, 2.05) is 24.0 Å². The number of ether oxygens (including phenoxy) is 1. The highest BCUT2D eigenvalue weighted by Gasteiger charge is 2.27. The van der Waals surface area contributed by atoms with Crippen LogP contribution in [0.4, 0.5) is 5.13 Å². The summed E-state index contributed by atoms with van der Waals surface area (Å²) in [7, 11) is 3.67. The van der Waals surface area contributed by atoms with Crippen LogP contribution < -0.4 is 9.64 Å². The van der Waals surface area contributed by atoms with Crippen molar-refractivity contribution >= 4 is 28.7 Å². The molecule has 2 aromatic rings. The summed E-state index contributed by atoms with van der Waals surface area (Å²) in [6.45, 7) is 6.68. The summed E-state index contributed by atoms with van der Waals surface area (Å²) >= 11 is 1.48. The molecule has 0 atom stereocenters. The van der Waals surface area contributed by atoms with Crippen molar-refractivity contribution in [2.24, 2.45) is 0 Å². The van der Waals surface area contributed by atoms with E-state index in [1.165, 1.54) is 11.3 Å². The number of anilines is 1. The summed E-state index contributed by atoms with van der Waals surface area (Å²) in [6, 6.07) is 3.87. The predicted octanol–water partition coefficient (Wildman–Crippen LogP) is 2.22. The summed E-state index contributed by atoms with van der Waals surface area (Å²) in [4.78, 5) is 36.3. The Labute approximate surface area is 174 Å². The largest absolute Gasteiger partial charge is 0.496 e. The van der Waals surface area contributed by atoms with Crippen LogP contribution in [0.2, 0.25) is 0 Å². The fourth-order valence-electron chi connectivity index (χ4n) is 4.00. The van der Waals surface area contributed by atoms with Crippen LogP contribution in [-0.2, 0) is 13.0 Å². The monoisotopic (exact) mass is 414 g/mol. The van der Waals surface area contributed by atoms with Gasteiger partial charge in [-0.25, -0.2) is 4.98 Å². The normalized spacial score (nSPS) is 17.2. The molecule has 8 heteroatoms. The van der Waals surface area contributed by atoms with Gasteiger partial charge in [0.15, 0.2) is 11.4 Å². The highest BCUT2D eigenvalue weighted by atomic mass is 32.1. The van der Waals surface area contributed by atoms with Gasteiger partial charge < -0.3 is 19.4 Å². The van der Waals surface area contributed by atoms with Gasteiger partial charge in [0.2, 0.25) is 0 Å². The Hall–Kier alpha value is -2.45. The maximum absolute atomic E-state index is 13.0. The van der Waals surface area contributed by atoms with Crippen LogP contribution in [0.3, 0.4) is 0 Å². The smallest absolute Gasteiger partial charge is 0.266 e. The zero-order valence-electron chi connectivity index (χ0n) is 17.1. The first-order valence-electron chi connectivity index (χ1n) is 9.86. The maximum atomic E-state index is 13.0. The molecule has 1 aromatic heterocycles. The number of carbonyl (C=O) groups excluding carboxylic acids is 2. The molecule has 0 unspecified atom stereocenters. The lowest BCUT2D eigenvalue weighted by Crippen LogP contribution is -2.47. The zero-order chi connectivity index (χ0) is 20.5. The fourth-order valence-corrected chi connectivity index (χ4v) is 5.06. The van der Waals surface area contributed by atoms with Crippen LogP contribution in [0.25, 0.3) is 0 Å². The molecule has 7 nitrogen and oxygen atoms in total. The number of amides is 1. The summed E-state index contributed by atoms with van der Waals surface area (Å²) in [6.07, 6.45) is 1.63. The molecule has 0 aliphatic carbocycles. The van der Waals surface area contributed by atoms with Crippen molar-refractivity contribution < 1.29 is 14.3 Å². The summed E-state index contributed by atoms with van der Waals surface area (Å²) in [5.41, 5.74) is 3.60. The second kappa shape index (κ2) is 8.12. The van der Waals surface area contributed by atoms with Crippen molar-refractivity contribution in [3.8, 4) is 5.75 Å². The van der Waals surface area contributed by atoms with E-state index in [-0.39, 0.29) is 5.91 Å². The Morgan fingerprint density at radius 2 is 1.97 bits per heavy atom. The van der Waals surface area contributed by atoms with Gasteiger partial charge in [0.05, 0.1) is 18.4 Å². The number of piperazine rings is 1. The predicted molar refractivity (Wildman–Crippen MR) is 113 cm³/mol. The van der Waals surface area contributed by atoms with E-state index in [9.17, 15) is 9.59 Å². The number of hydrogen-bond acceptors (Lipinski definition) is 7. The average Bonchev–Trinajstić information content (AvgIpc) is 3.14. The molecular formula is C21H26N4O3S. The second-order valence-corrected chi connectivity index (χ2v) is 8.59. The quantitative estimate of drug-likeness (QED) is 0.715. The maximum Gasteiger partial charge on any atom is 0.266 e. The average molecular weight is 415 g/mol. The highest BCUT2D eigenvalue weighted by Crippen LogP contribution is 2.34. The third kappa shape index (κ3) is 3.74. The van der Waals surface area contributed by atoms with Gasteiger partial charge in [0, 0.05) is 39.3 Å². The molecule has 0 spiro atoms. The molecule has 0 saturated carbocycles. The molecule has 2 aliphatic rings. The number of nitrogens with zero attached hydrogens (tertiary/aromatic N) is 4. The van der Waals surface area contributed by atoms with Crippen LogP contribution in [0.1, 0.15) is 36.9 Å². The van der Waals surface area contributed by atoms with Crippen molar-refractivity contribution in [2.45, 2.75) is 19.9 Å². The zero-order valence-corrected chi connectivity index (χ0v) is 17.9. The van der Waals surface area contributed by atoms with Gasteiger partial charge in [-0.05, 0) is 37.6 Å². The second-order valence-electron chi connectivity index (χ2n) is 7.62. The molecule has 1 fully saturated rings. The number of aromatic nitrogens is 1. The van der Waals surface area contributed by atoms with E-state index in [4.69, 9.17) is 9.72 Å². The van der Waals surface area contributed by atoms with E-state index >= 15 is 0 Å². The number of methoxy groups -OCH3 is 1. The minimum atomic E-state index is 0.0877. The standard InChI is InChI=1S/C21H26N4O3S/c1-14-19(20(27)24-10-8-23(2)9-11-24)29-21(22-14)25-7-6-16-15(12-25)4-5-18(28-3)17(16)13-26/h4-5,13H,6-12H2,1-3H3. The van der Waals surface area contributed by atoms with Gasteiger partial charge in [-0.15, -0.1) is 0 Å². The summed E-state index contributed by atoms with van der Waals surface area (Å²) in [5, 5.41) is 0.870. The van der Waals surface area contributed by atoms with Gasteiger partial charge in [-0.2, -0.15) is 0 Å². The summed E-state index contributed by atoms with van der Waals surface area (Å²) in [5.74, 6) is 0.710. The Kier molecular flexibility index (Phi) is 5.56. The van der Waals surface area contributed by atoms with Crippen LogP contribution in [0, 0.1) is 6.92 Å². The molecule has 154 valence electrons. The molecular weight excluding hydrogens is 388 g/mol. The lowest BCUT2D eigenvalue weighted by Gasteiger charge is -2.32. The third-order valence-corrected chi connectivity index (χ3v) is 6.99. The van der Waals surface area contributed by atoms with Crippen LogP contribution in [-0.4, -0.2) is 73.9 Å². The molecule has 4 rings (SSSR count). The Bertz CT molecular complexity index is 934. The number of aldehydes is 1. The van der Waals surface area contributed by atoms with Gasteiger partial charge in [-0.1, -0.05) is 17.4 Å². The van der Waals surface area contributed by atoms with Gasteiger partial charge in [0.1, 0.15) is 10.6 Å². The number of fused-ring (bicyclic) bond motifs is 1. The third-order valence-electron chi connectivity index (χ3n) is 5.79. The number of aryl methyl sites for hydroxylation is 1. The van der Waals surface area contributed by atoms with Gasteiger partial charge in [-0.3, -0.25) is 9.59 Å². The molecule has 0 N–H and O–H groups in total. The van der Waals surface area contributed by atoms with Crippen molar-refractivity contribution in [1.82, 2.24) is 14.8 Å². The number of carbonyl (C=O) groups is 2. The van der Waals surface area contributed by atoms with E-state index in [0.717, 1.165) is 72.3 Å². The van der Waals surface area contributed by atoms with Crippen molar-refractivity contribution in [2.75, 3.05) is 51.8 Å². The number of likely N-dealkylation sites (N-methyl/N-ethyl adjacent to an activating group) is 1. The number of thiazole rings is 1. The molecule has 3 heterocycles. The molecule has 0 bridgehead atoms. The molecule has 1 amide bonds. The minimum absolute atomic E-state index is 0.0877. The first-order chi connectivity index (χ1) is 14.0. The van der Waals surface area contributed by atoms with Crippen LogP contribution in [0.15, 0.2) is 12.1 Å². The molecule has 0 radical (unpaired) electrons. The van der Waals surface area contributed by atoms with Gasteiger partial charge in [0.25, 0.3) is 5.91 Å². The van der Waals surface area contributed by atoms with Crippen molar-refractivity contribution in [1.29, 1.82) is 0 Å². The van der Waals surface area contributed by atoms with E-state index in [2.05, 4.69) is 16.8 Å². The van der Waals surface area contributed by atoms with E-state index < -0.39 is 0 Å².